The van der Waals surface area contributed by atoms with Crippen molar-refractivity contribution in [2.75, 3.05) is 17.2 Å². The minimum atomic E-state index is -0.332. The monoisotopic (exact) mass is 394 g/mol. The molecule has 3 N–H and O–H groups in total. The van der Waals surface area contributed by atoms with E-state index >= 15 is 0 Å². The molecule has 2 amide bonds. The molecule has 0 heterocycles. The highest BCUT2D eigenvalue weighted by Gasteiger charge is 2.14. The summed E-state index contributed by atoms with van der Waals surface area (Å²) in [4.78, 5) is 25.1. The fraction of sp³-hybridized carbons (Fsp3) is 0.0909. The summed E-state index contributed by atoms with van der Waals surface area (Å²) in [6.07, 6.45) is 0.563. The van der Waals surface area contributed by atoms with Gasteiger partial charge in [0.05, 0.1) is 11.3 Å². The van der Waals surface area contributed by atoms with E-state index in [-0.39, 0.29) is 18.4 Å². The van der Waals surface area contributed by atoms with Crippen molar-refractivity contribution in [1.29, 1.82) is 0 Å². The fourth-order valence-electron chi connectivity index (χ4n) is 2.67. The van der Waals surface area contributed by atoms with Gasteiger partial charge >= 0.3 is 0 Å². The van der Waals surface area contributed by atoms with Crippen molar-refractivity contribution in [3.63, 3.8) is 0 Å². The minimum absolute atomic E-state index is 0.0758. The topological polar surface area (TPSA) is 78.4 Å². The number of hydrogen-bond acceptors (Lipinski definition) is 3. The summed E-state index contributed by atoms with van der Waals surface area (Å²) in [6, 6.07) is 20.6. The Morgan fingerprint density at radius 1 is 0.821 bits per heavy atom. The first-order chi connectivity index (χ1) is 13.6. The molecule has 0 unspecified atom stereocenters. The van der Waals surface area contributed by atoms with Crippen LogP contribution in [0.15, 0.2) is 72.8 Å². The van der Waals surface area contributed by atoms with Crippen LogP contribution in [-0.4, -0.2) is 23.5 Å². The first-order valence-corrected chi connectivity index (χ1v) is 9.12. The van der Waals surface area contributed by atoms with Crippen LogP contribution >= 0.6 is 11.6 Å². The lowest BCUT2D eigenvalue weighted by molar-refractivity contribution is 0.102. The lowest BCUT2D eigenvalue weighted by Gasteiger charge is -2.12. The number of amides is 2. The number of hydrogen-bond donors (Lipinski definition) is 3. The third-order valence-corrected chi connectivity index (χ3v) is 4.39. The van der Waals surface area contributed by atoms with E-state index in [2.05, 4.69) is 10.6 Å². The molecule has 6 heteroatoms. The number of aliphatic hydroxyl groups is 1. The van der Waals surface area contributed by atoms with Gasteiger partial charge in [0.25, 0.3) is 11.8 Å². The van der Waals surface area contributed by atoms with Crippen LogP contribution in [0, 0.1) is 0 Å². The predicted molar refractivity (Wildman–Crippen MR) is 111 cm³/mol. The molecule has 3 aromatic carbocycles. The summed E-state index contributed by atoms with van der Waals surface area (Å²) in [5.41, 5.74) is 2.82. The zero-order chi connectivity index (χ0) is 19.9. The van der Waals surface area contributed by atoms with Crippen molar-refractivity contribution in [2.24, 2.45) is 0 Å². The highest BCUT2D eigenvalue weighted by molar-refractivity contribution is 6.30. The third kappa shape index (κ3) is 4.97. The van der Waals surface area contributed by atoms with Gasteiger partial charge in [-0.2, -0.15) is 0 Å². The van der Waals surface area contributed by atoms with Gasteiger partial charge < -0.3 is 15.7 Å². The Kier molecular flexibility index (Phi) is 6.42. The van der Waals surface area contributed by atoms with Gasteiger partial charge in [0, 0.05) is 22.9 Å². The van der Waals surface area contributed by atoms with E-state index in [0.29, 0.717) is 33.9 Å². The largest absolute Gasteiger partial charge is 0.396 e. The van der Waals surface area contributed by atoms with Crippen molar-refractivity contribution < 1.29 is 14.7 Å². The quantitative estimate of drug-likeness (QED) is 0.580. The molecule has 3 rings (SSSR count). The van der Waals surface area contributed by atoms with Crippen molar-refractivity contribution >= 4 is 34.8 Å². The van der Waals surface area contributed by atoms with Crippen LogP contribution in [0.2, 0.25) is 5.02 Å². The van der Waals surface area contributed by atoms with Crippen LogP contribution in [0.3, 0.4) is 0 Å². The van der Waals surface area contributed by atoms with Crippen LogP contribution in [0.4, 0.5) is 11.4 Å². The lowest BCUT2D eigenvalue weighted by Crippen LogP contribution is -2.18. The van der Waals surface area contributed by atoms with E-state index in [1.165, 1.54) is 0 Å². The standard InChI is InChI=1S/C22H19ClN2O3/c23-17-9-7-16(8-10-17)21(27)25-20-4-2-1-3-19(20)22(28)24-18-11-5-15(6-12-18)13-14-26/h1-12,26H,13-14H2,(H,24,28)(H,25,27). The maximum Gasteiger partial charge on any atom is 0.257 e. The first kappa shape index (κ1) is 19.6. The maximum atomic E-state index is 12.7. The summed E-state index contributed by atoms with van der Waals surface area (Å²) in [6.45, 7) is 0.0758. The maximum absolute atomic E-state index is 12.7. The van der Waals surface area contributed by atoms with Gasteiger partial charge in [-0.05, 0) is 60.5 Å². The zero-order valence-electron chi connectivity index (χ0n) is 15.0. The minimum Gasteiger partial charge on any atom is -0.396 e. The Hall–Kier alpha value is -3.15. The van der Waals surface area contributed by atoms with Crippen molar-refractivity contribution in [3.8, 4) is 0 Å². The molecular weight excluding hydrogens is 376 g/mol. The molecule has 28 heavy (non-hydrogen) atoms. The molecule has 0 spiro atoms. The first-order valence-electron chi connectivity index (χ1n) is 8.74. The lowest BCUT2D eigenvalue weighted by atomic mass is 10.1. The SMILES string of the molecule is O=C(Nc1ccccc1C(=O)Nc1ccc(CCO)cc1)c1ccc(Cl)cc1. The number of carbonyl (C=O) groups excluding carboxylic acids is 2. The fourth-order valence-corrected chi connectivity index (χ4v) is 2.79. The van der Waals surface area contributed by atoms with Crippen LogP contribution in [0.25, 0.3) is 0 Å². The number of anilines is 2. The highest BCUT2D eigenvalue weighted by Crippen LogP contribution is 2.19. The number of benzene rings is 3. The van der Waals surface area contributed by atoms with Gasteiger partial charge in [-0.1, -0.05) is 35.9 Å². The van der Waals surface area contributed by atoms with Gasteiger partial charge in [-0.25, -0.2) is 0 Å². The summed E-state index contributed by atoms with van der Waals surface area (Å²) in [5.74, 6) is -0.660. The number of aliphatic hydroxyl groups excluding tert-OH is 1. The van der Waals surface area contributed by atoms with Crippen LogP contribution < -0.4 is 10.6 Å². The molecule has 142 valence electrons. The van der Waals surface area contributed by atoms with Crippen molar-refractivity contribution in [1.82, 2.24) is 0 Å². The third-order valence-electron chi connectivity index (χ3n) is 4.14. The average molecular weight is 395 g/mol. The average Bonchev–Trinajstić information content (AvgIpc) is 2.70. The Morgan fingerprint density at radius 2 is 1.50 bits per heavy atom. The van der Waals surface area contributed by atoms with Crippen LogP contribution in [0.5, 0.6) is 0 Å². The molecule has 0 saturated heterocycles. The van der Waals surface area contributed by atoms with Gasteiger partial charge in [0.1, 0.15) is 0 Å². The Morgan fingerprint density at radius 3 is 2.18 bits per heavy atom. The van der Waals surface area contributed by atoms with E-state index < -0.39 is 0 Å². The second kappa shape index (κ2) is 9.17. The molecule has 0 bridgehead atoms. The Labute approximate surface area is 168 Å². The Bertz CT molecular complexity index is 970. The van der Waals surface area contributed by atoms with Gasteiger partial charge in [-0.3, -0.25) is 9.59 Å². The van der Waals surface area contributed by atoms with Crippen molar-refractivity contribution in [3.05, 3.63) is 94.5 Å². The molecule has 5 nitrogen and oxygen atoms in total. The molecule has 0 aliphatic rings. The summed E-state index contributed by atoms with van der Waals surface area (Å²) in [7, 11) is 0. The molecule has 0 radical (unpaired) electrons. The predicted octanol–water partition coefficient (Wildman–Crippen LogP) is 4.38. The van der Waals surface area contributed by atoms with Crippen LogP contribution in [-0.2, 0) is 6.42 Å². The number of nitrogens with one attached hydrogen (secondary N) is 2. The normalized spacial score (nSPS) is 10.4. The highest BCUT2D eigenvalue weighted by atomic mass is 35.5. The van der Waals surface area contributed by atoms with Gasteiger partial charge in [-0.15, -0.1) is 0 Å². The Balaban J connectivity index is 1.74. The van der Waals surface area contributed by atoms with Gasteiger partial charge in [0.15, 0.2) is 0 Å². The number of halogens is 1. The number of rotatable bonds is 6. The van der Waals surface area contributed by atoms with E-state index in [9.17, 15) is 9.59 Å². The summed E-state index contributed by atoms with van der Waals surface area (Å²) >= 11 is 5.85. The second-order valence-corrected chi connectivity index (χ2v) is 6.57. The molecule has 0 saturated carbocycles. The molecule has 0 aliphatic heterocycles. The summed E-state index contributed by atoms with van der Waals surface area (Å²) in [5, 5.41) is 15.1. The van der Waals surface area contributed by atoms with Crippen LogP contribution in [0.1, 0.15) is 26.3 Å². The number of carbonyl (C=O) groups is 2. The molecule has 3 aromatic rings. The zero-order valence-corrected chi connectivity index (χ0v) is 15.7. The second-order valence-electron chi connectivity index (χ2n) is 6.13. The van der Waals surface area contributed by atoms with E-state index in [1.807, 2.05) is 12.1 Å². The molecule has 0 fully saturated rings. The number of para-hydroxylation sites is 1. The molecule has 0 aliphatic carbocycles. The molecule has 0 aromatic heterocycles. The smallest absolute Gasteiger partial charge is 0.257 e. The molecule has 0 atom stereocenters. The molecular formula is C22H19ClN2O3. The van der Waals surface area contributed by atoms with Gasteiger partial charge in [0.2, 0.25) is 0 Å². The summed E-state index contributed by atoms with van der Waals surface area (Å²) < 4.78 is 0. The van der Waals surface area contributed by atoms with Crippen molar-refractivity contribution in [2.45, 2.75) is 6.42 Å². The van der Waals surface area contributed by atoms with E-state index in [0.717, 1.165) is 5.56 Å². The van der Waals surface area contributed by atoms with E-state index in [4.69, 9.17) is 16.7 Å². The van der Waals surface area contributed by atoms with E-state index in [1.54, 1.807) is 60.7 Å².